The molecule has 0 radical (unpaired) electrons. The Labute approximate surface area is 134 Å². The Morgan fingerprint density at radius 1 is 0.909 bits per heavy atom. The Morgan fingerprint density at radius 2 is 1.64 bits per heavy atom. The van der Waals surface area contributed by atoms with Gasteiger partial charge in [-0.05, 0) is 44.3 Å². The molecule has 0 bridgehead atoms. The van der Waals surface area contributed by atoms with Gasteiger partial charge in [0.15, 0.2) is 0 Å². The molecule has 0 N–H and O–H groups in total. The Kier molecular flexibility index (Phi) is 15.5. The molecule has 0 aliphatic carbocycles. The number of allylic oxidation sites excluding steroid dienone is 8. The highest BCUT2D eigenvalue weighted by molar-refractivity contribution is 5.68. The maximum Gasteiger partial charge on any atom is 0.305 e. The maximum absolute atomic E-state index is 10.9. The van der Waals surface area contributed by atoms with Crippen LogP contribution in [0.5, 0.6) is 0 Å². The molecule has 122 valence electrons. The number of carbonyl (C=O) groups is 1. The predicted octanol–water partition coefficient (Wildman–Crippen LogP) is 5.23. The SMILES string of the molecule is CC/C=C\C=C/O/C=C/C=C\C/C=C\CCCCC(=O)OC. The van der Waals surface area contributed by atoms with Gasteiger partial charge < -0.3 is 9.47 Å². The lowest BCUT2D eigenvalue weighted by molar-refractivity contribution is -0.140. The largest absolute Gasteiger partial charge is 0.473 e. The van der Waals surface area contributed by atoms with Gasteiger partial charge in [-0.15, -0.1) is 0 Å². The van der Waals surface area contributed by atoms with Crippen LogP contribution in [0, 0.1) is 0 Å². The number of ether oxygens (including phenoxy) is 2. The van der Waals surface area contributed by atoms with E-state index in [1.807, 2.05) is 24.3 Å². The molecule has 22 heavy (non-hydrogen) atoms. The fourth-order valence-electron chi connectivity index (χ4n) is 1.52. The van der Waals surface area contributed by atoms with Crippen LogP contribution in [0.3, 0.4) is 0 Å². The van der Waals surface area contributed by atoms with Gasteiger partial charge in [0, 0.05) is 6.42 Å². The molecular weight excluding hydrogens is 276 g/mol. The number of carbonyl (C=O) groups excluding carboxylic acids is 1. The molecule has 3 nitrogen and oxygen atoms in total. The van der Waals surface area contributed by atoms with Gasteiger partial charge in [-0.3, -0.25) is 4.79 Å². The van der Waals surface area contributed by atoms with Crippen molar-refractivity contribution in [3.05, 3.63) is 61.1 Å². The van der Waals surface area contributed by atoms with Gasteiger partial charge in [-0.25, -0.2) is 0 Å². The number of esters is 1. The summed E-state index contributed by atoms with van der Waals surface area (Å²) in [6.45, 7) is 2.09. The number of unbranched alkanes of at least 4 members (excludes halogenated alkanes) is 2. The van der Waals surface area contributed by atoms with Gasteiger partial charge in [0.2, 0.25) is 0 Å². The van der Waals surface area contributed by atoms with Crippen LogP contribution >= 0.6 is 0 Å². The van der Waals surface area contributed by atoms with Gasteiger partial charge in [0.1, 0.15) is 0 Å². The molecule has 0 unspecified atom stereocenters. The Morgan fingerprint density at radius 3 is 2.32 bits per heavy atom. The fraction of sp³-hybridized carbons (Fsp3) is 0.421. The van der Waals surface area contributed by atoms with E-state index in [1.54, 1.807) is 12.5 Å². The highest BCUT2D eigenvalue weighted by Crippen LogP contribution is 2.02. The van der Waals surface area contributed by atoms with Crippen molar-refractivity contribution in [1.82, 2.24) is 0 Å². The first-order valence-corrected chi connectivity index (χ1v) is 7.81. The third-order valence-electron chi connectivity index (χ3n) is 2.71. The van der Waals surface area contributed by atoms with Gasteiger partial charge in [0.05, 0.1) is 19.6 Å². The van der Waals surface area contributed by atoms with Crippen molar-refractivity contribution < 1.29 is 14.3 Å². The third kappa shape index (κ3) is 16.0. The van der Waals surface area contributed by atoms with Crippen LogP contribution in [-0.4, -0.2) is 13.1 Å². The zero-order valence-corrected chi connectivity index (χ0v) is 13.7. The van der Waals surface area contributed by atoms with E-state index < -0.39 is 0 Å². The maximum atomic E-state index is 10.9. The minimum atomic E-state index is -0.128. The molecule has 0 amide bonds. The second kappa shape index (κ2) is 17.0. The Bertz CT molecular complexity index is 401. The molecule has 0 aromatic rings. The van der Waals surface area contributed by atoms with Crippen LogP contribution in [0.4, 0.5) is 0 Å². The number of hydrogen-bond donors (Lipinski definition) is 0. The molecular formula is C19H28O3. The van der Waals surface area contributed by atoms with Crippen molar-refractivity contribution in [3.8, 4) is 0 Å². The zero-order chi connectivity index (χ0) is 16.3. The minimum Gasteiger partial charge on any atom is -0.473 e. The Balaban J connectivity index is 3.49. The first-order valence-electron chi connectivity index (χ1n) is 7.81. The minimum absolute atomic E-state index is 0.128. The molecule has 0 aliphatic heterocycles. The van der Waals surface area contributed by atoms with Gasteiger partial charge >= 0.3 is 5.97 Å². The molecule has 0 fully saturated rings. The van der Waals surface area contributed by atoms with Crippen LogP contribution in [0.1, 0.15) is 45.4 Å². The van der Waals surface area contributed by atoms with E-state index in [0.717, 1.165) is 32.1 Å². The van der Waals surface area contributed by atoms with E-state index in [-0.39, 0.29) is 5.97 Å². The lowest BCUT2D eigenvalue weighted by Gasteiger charge is -1.96. The molecule has 0 aromatic carbocycles. The predicted molar refractivity (Wildman–Crippen MR) is 92.2 cm³/mol. The van der Waals surface area contributed by atoms with Crippen molar-refractivity contribution in [3.63, 3.8) is 0 Å². The molecule has 0 spiro atoms. The normalized spacial score (nSPS) is 12.5. The van der Waals surface area contributed by atoms with E-state index in [1.165, 1.54) is 7.11 Å². The summed E-state index contributed by atoms with van der Waals surface area (Å²) in [5.74, 6) is -0.128. The quantitative estimate of drug-likeness (QED) is 0.163. The van der Waals surface area contributed by atoms with E-state index in [9.17, 15) is 4.79 Å². The first-order chi connectivity index (χ1) is 10.8. The summed E-state index contributed by atoms with van der Waals surface area (Å²) in [5.41, 5.74) is 0. The molecule has 0 heterocycles. The second-order valence-corrected chi connectivity index (χ2v) is 4.59. The molecule has 0 atom stereocenters. The molecule has 0 saturated heterocycles. The Hall–Kier alpha value is -2.03. The van der Waals surface area contributed by atoms with Crippen LogP contribution < -0.4 is 0 Å². The van der Waals surface area contributed by atoms with Gasteiger partial charge in [-0.1, -0.05) is 43.4 Å². The van der Waals surface area contributed by atoms with Crippen molar-refractivity contribution >= 4 is 5.97 Å². The summed E-state index contributed by atoms with van der Waals surface area (Å²) < 4.78 is 9.75. The highest BCUT2D eigenvalue weighted by atomic mass is 16.5. The first kappa shape index (κ1) is 20.0. The summed E-state index contributed by atoms with van der Waals surface area (Å²) in [4.78, 5) is 10.9. The molecule has 0 saturated carbocycles. The summed E-state index contributed by atoms with van der Waals surface area (Å²) in [7, 11) is 1.42. The monoisotopic (exact) mass is 304 g/mol. The van der Waals surface area contributed by atoms with E-state index in [2.05, 4.69) is 36.0 Å². The topological polar surface area (TPSA) is 35.5 Å². The smallest absolute Gasteiger partial charge is 0.305 e. The van der Waals surface area contributed by atoms with Gasteiger partial charge in [0.25, 0.3) is 0 Å². The zero-order valence-electron chi connectivity index (χ0n) is 13.7. The highest BCUT2D eigenvalue weighted by Gasteiger charge is 1.97. The van der Waals surface area contributed by atoms with E-state index >= 15 is 0 Å². The molecule has 0 aliphatic rings. The van der Waals surface area contributed by atoms with Crippen LogP contribution in [0.25, 0.3) is 0 Å². The standard InChI is InChI=1S/C19H28O3/c1-3-4-5-14-17-22-18-15-12-10-8-6-7-9-11-13-16-19(20)21-2/h4-7,10,12,14-15,17-18H,3,8-9,11,13,16H2,1-2H3/b5-4-,7-6-,12-10-,17-14-,18-15+. The van der Waals surface area contributed by atoms with Crippen molar-refractivity contribution in [2.24, 2.45) is 0 Å². The van der Waals surface area contributed by atoms with Crippen LogP contribution in [0.2, 0.25) is 0 Å². The number of methoxy groups -OCH3 is 1. The summed E-state index contributed by atoms with van der Waals surface area (Å²) in [6.07, 6.45) is 24.6. The second-order valence-electron chi connectivity index (χ2n) is 4.59. The van der Waals surface area contributed by atoms with E-state index in [0.29, 0.717) is 6.42 Å². The van der Waals surface area contributed by atoms with Gasteiger partial charge in [-0.2, -0.15) is 0 Å². The number of hydrogen-bond acceptors (Lipinski definition) is 3. The summed E-state index contributed by atoms with van der Waals surface area (Å²) >= 11 is 0. The molecule has 0 rings (SSSR count). The number of rotatable bonds is 12. The lowest BCUT2D eigenvalue weighted by Crippen LogP contribution is -1.98. The molecule has 0 aromatic heterocycles. The molecule has 3 heteroatoms. The van der Waals surface area contributed by atoms with Crippen molar-refractivity contribution in [1.29, 1.82) is 0 Å². The van der Waals surface area contributed by atoms with Crippen molar-refractivity contribution in [2.75, 3.05) is 7.11 Å². The van der Waals surface area contributed by atoms with Crippen LogP contribution in [0.15, 0.2) is 61.1 Å². The van der Waals surface area contributed by atoms with Crippen LogP contribution in [-0.2, 0) is 14.3 Å². The summed E-state index contributed by atoms with van der Waals surface area (Å²) in [5, 5.41) is 0. The third-order valence-corrected chi connectivity index (χ3v) is 2.71. The van der Waals surface area contributed by atoms with E-state index in [4.69, 9.17) is 4.74 Å². The summed E-state index contributed by atoms with van der Waals surface area (Å²) in [6, 6.07) is 0. The lowest BCUT2D eigenvalue weighted by atomic mass is 10.2. The average Bonchev–Trinajstić information content (AvgIpc) is 2.54. The average molecular weight is 304 g/mol. The fourth-order valence-corrected chi connectivity index (χ4v) is 1.52. The van der Waals surface area contributed by atoms with Crippen molar-refractivity contribution in [2.45, 2.75) is 45.4 Å².